The highest BCUT2D eigenvalue weighted by atomic mass is 14.7. The first kappa shape index (κ1) is 31.2. The Morgan fingerprint density at radius 3 is 1.40 bits per heavy atom. The minimum Gasteiger partial charge on any atom is -0.358 e. The Hall–Kier alpha value is -3.26. The predicted molar refractivity (Wildman–Crippen MR) is 188 cm³/mol. The molecule has 3 aromatic carbocycles. The van der Waals surface area contributed by atoms with Crippen molar-refractivity contribution in [1.29, 1.82) is 0 Å². The fraction of sp³-hybridized carbons (Fsp3) is 0.463. The minimum atomic E-state index is 0.167. The number of H-pyrrole nitrogens is 2. The average Bonchev–Trinajstić information content (AvgIpc) is 3.54. The molecule has 0 fully saturated rings. The lowest BCUT2D eigenvalue weighted by atomic mass is 9.80. The van der Waals surface area contributed by atoms with Gasteiger partial charge >= 0.3 is 0 Å². The molecule has 0 saturated carbocycles. The third-order valence-corrected chi connectivity index (χ3v) is 9.60. The zero-order chi connectivity index (χ0) is 30.0. The van der Waals surface area contributed by atoms with Crippen LogP contribution in [-0.2, 0) is 12.8 Å². The monoisotopic (exact) mass is 574 g/mol. The van der Waals surface area contributed by atoms with E-state index in [1.807, 2.05) is 0 Å². The Kier molecular flexibility index (Phi) is 11.2. The number of fused-ring (bicyclic) bond motifs is 2. The number of rotatable bonds is 17. The number of hydrogen-bond acceptors (Lipinski definition) is 0. The molecule has 5 rings (SSSR count). The van der Waals surface area contributed by atoms with Crippen LogP contribution in [0.5, 0.6) is 0 Å². The van der Waals surface area contributed by atoms with Crippen molar-refractivity contribution in [2.24, 2.45) is 0 Å². The molecule has 228 valence electrons. The molecule has 2 nitrogen and oxygen atoms in total. The van der Waals surface area contributed by atoms with Gasteiger partial charge in [-0.3, -0.25) is 0 Å². The molecule has 2 heterocycles. The Morgan fingerprint density at radius 2 is 0.930 bits per heavy atom. The van der Waals surface area contributed by atoms with E-state index in [0.29, 0.717) is 0 Å². The summed E-state index contributed by atoms with van der Waals surface area (Å²) in [5, 5.41) is 2.90. The molecule has 0 bridgehead atoms. The molecular weight excluding hydrogens is 520 g/mol. The summed E-state index contributed by atoms with van der Waals surface area (Å²) in [6, 6.07) is 25.1. The van der Waals surface area contributed by atoms with Crippen LogP contribution in [-0.4, -0.2) is 9.97 Å². The summed E-state index contributed by atoms with van der Waals surface area (Å²) < 4.78 is 0. The van der Waals surface area contributed by atoms with Gasteiger partial charge in [0.25, 0.3) is 0 Å². The van der Waals surface area contributed by atoms with Crippen LogP contribution < -0.4 is 0 Å². The quantitative estimate of drug-likeness (QED) is 0.104. The van der Waals surface area contributed by atoms with Gasteiger partial charge < -0.3 is 9.97 Å². The van der Waals surface area contributed by atoms with Gasteiger partial charge in [0.15, 0.2) is 0 Å². The van der Waals surface area contributed by atoms with Crippen LogP contribution in [0, 0.1) is 13.8 Å². The summed E-state index contributed by atoms with van der Waals surface area (Å²) in [4.78, 5) is 7.66. The standard InChI is InChI=1S/C41H54N2/c1-5-7-9-11-13-16-22-32-26-20-28-35-39(32)37(30(3)42-35)41(34-24-18-15-19-25-34)38-31(4)43-36-29-21-27-33(40(36)38)23-17-14-12-10-8-6-2/h15,18-21,24-29,41-43H,5-14,16-17,22-23H2,1-4H3. The predicted octanol–water partition coefficient (Wildman–Crippen LogP) is 12.3. The minimum absolute atomic E-state index is 0.167. The summed E-state index contributed by atoms with van der Waals surface area (Å²) in [6.07, 6.45) is 18.2. The second-order valence-electron chi connectivity index (χ2n) is 12.9. The number of aromatic amines is 2. The Balaban J connectivity index is 1.58. The van der Waals surface area contributed by atoms with E-state index in [2.05, 4.69) is 104 Å². The van der Waals surface area contributed by atoms with E-state index in [-0.39, 0.29) is 5.92 Å². The molecule has 2 heteroatoms. The molecule has 0 radical (unpaired) electrons. The van der Waals surface area contributed by atoms with Crippen molar-refractivity contribution in [3.05, 3.63) is 106 Å². The topological polar surface area (TPSA) is 31.6 Å². The lowest BCUT2D eigenvalue weighted by Gasteiger charge is -2.22. The van der Waals surface area contributed by atoms with Crippen LogP contribution in [0.25, 0.3) is 21.8 Å². The largest absolute Gasteiger partial charge is 0.358 e. The fourth-order valence-corrected chi connectivity index (χ4v) is 7.41. The molecule has 0 atom stereocenters. The van der Waals surface area contributed by atoms with E-state index >= 15 is 0 Å². The van der Waals surface area contributed by atoms with E-state index in [0.717, 1.165) is 12.8 Å². The van der Waals surface area contributed by atoms with Crippen molar-refractivity contribution in [1.82, 2.24) is 9.97 Å². The van der Waals surface area contributed by atoms with Gasteiger partial charge in [0.1, 0.15) is 0 Å². The molecule has 0 aliphatic carbocycles. The van der Waals surface area contributed by atoms with E-state index in [1.165, 1.54) is 138 Å². The number of aryl methyl sites for hydroxylation is 4. The molecule has 0 saturated heterocycles. The zero-order valence-electron chi connectivity index (χ0n) is 27.3. The van der Waals surface area contributed by atoms with Crippen molar-refractivity contribution < 1.29 is 0 Å². The third-order valence-electron chi connectivity index (χ3n) is 9.60. The highest BCUT2D eigenvalue weighted by Crippen LogP contribution is 2.44. The van der Waals surface area contributed by atoms with Gasteiger partial charge in [0.05, 0.1) is 0 Å². The first-order valence-electron chi connectivity index (χ1n) is 17.4. The van der Waals surface area contributed by atoms with Crippen LogP contribution in [0.3, 0.4) is 0 Å². The second-order valence-corrected chi connectivity index (χ2v) is 12.9. The SMILES string of the molecule is CCCCCCCCc1cccc2[nH]c(C)c(C(c3ccccc3)c3c(C)[nH]c4cccc(CCCCCCCC)c34)c12. The lowest BCUT2D eigenvalue weighted by molar-refractivity contribution is 0.608. The van der Waals surface area contributed by atoms with Gasteiger partial charge in [0, 0.05) is 39.1 Å². The molecule has 0 spiro atoms. The highest BCUT2D eigenvalue weighted by molar-refractivity contribution is 5.94. The smallest absolute Gasteiger partial charge is 0.0462 e. The van der Waals surface area contributed by atoms with Crippen LogP contribution in [0.1, 0.15) is 136 Å². The van der Waals surface area contributed by atoms with E-state index in [1.54, 1.807) is 0 Å². The van der Waals surface area contributed by atoms with E-state index < -0.39 is 0 Å². The molecule has 0 aliphatic rings. The van der Waals surface area contributed by atoms with Gasteiger partial charge in [0.2, 0.25) is 0 Å². The van der Waals surface area contributed by atoms with Crippen LogP contribution in [0.4, 0.5) is 0 Å². The Labute approximate surface area is 260 Å². The first-order valence-corrected chi connectivity index (χ1v) is 17.4. The van der Waals surface area contributed by atoms with Gasteiger partial charge in [-0.05, 0) is 79.5 Å². The molecule has 2 N–H and O–H groups in total. The highest BCUT2D eigenvalue weighted by Gasteiger charge is 2.29. The molecule has 5 aromatic rings. The molecule has 0 unspecified atom stereocenters. The number of aromatic nitrogens is 2. The van der Waals surface area contributed by atoms with E-state index in [9.17, 15) is 0 Å². The normalized spacial score (nSPS) is 11.8. The van der Waals surface area contributed by atoms with Crippen molar-refractivity contribution in [2.75, 3.05) is 0 Å². The fourth-order valence-electron chi connectivity index (χ4n) is 7.41. The van der Waals surface area contributed by atoms with Crippen molar-refractivity contribution in [3.8, 4) is 0 Å². The van der Waals surface area contributed by atoms with Gasteiger partial charge in [-0.25, -0.2) is 0 Å². The van der Waals surface area contributed by atoms with Gasteiger partial charge in [-0.1, -0.05) is 133 Å². The molecule has 43 heavy (non-hydrogen) atoms. The van der Waals surface area contributed by atoms with Gasteiger partial charge in [-0.2, -0.15) is 0 Å². The zero-order valence-corrected chi connectivity index (χ0v) is 27.3. The number of hydrogen-bond donors (Lipinski definition) is 2. The maximum Gasteiger partial charge on any atom is 0.0462 e. The number of unbranched alkanes of at least 4 members (excludes halogenated alkanes) is 10. The second kappa shape index (κ2) is 15.5. The Bertz CT molecular complexity index is 1470. The maximum absolute atomic E-state index is 3.83. The van der Waals surface area contributed by atoms with Crippen molar-refractivity contribution in [3.63, 3.8) is 0 Å². The number of benzene rings is 3. The summed E-state index contributed by atoms with van der Waals surface area (Å²) in [5.41, 5.74) is 12.4. The summed E-state index contributed by atoms with van der Waals surface area (Å²) in [7, 11) is 0. The summed E-state index contributed by atoms with van der Waals surface area (Å²) in [6.45, 7) is 9.18. The van der Waals surface area contributed by atoms with Crippen LogP contribution >= 0.6 is 0 Å². The Morgan fingerprint density at radius 1 is 0.488 bits per heavy atom. The van der Waals surface area contributed by atoms with E-state index in [4.69, 9.17) is 0 Å². The average molecular weight is 575 g/mol. The van der Waals surface area contributed by atoms with Crippen LogP contribution in [0.15, 0.2) is 66.7 Å². The van der Waals surface area contributed by atoms with Crippen molar-refractivity contribution >= 4 is 21.8 Å². The number of nitrogens with one attached hydrogen (secondary N) is 2. The summed E-state index contributed by atoms with van der Waals surface area (Å²) in [5.74, 6) is 0.167. The molecule has 2 aromatic heterocycles. The van der Waals surface area contributed by atoms with Crippen molar-refractivity contribution in [2.45, 2.75) is 124 Å². The first-order chi connectivity index (χ1) is 21.1. The third kappa shape index (κ3) is 7.28. The lowest BCUT2D eigenvalue weighted by Crippen LogP contribution is -2.07. The molecule has 0 aliphatic heterocycles. The van der Waals surface area contributed by atoms with Crippen LogP contribution in [0.2, 0.25) is 0 Å². The molecular formula is C41H54N2. The summed E-state index contributed by atoms with van der Waals surface area (Å²) >= 11 is 0. The molecule has 0 amide bonds. The van der Waals surface area contributed by atoms with Gasteiger partial charge in [-0.15, -0.1) is 0 Å². The maximum atomic E-state index is 3.83.